The van der Waals surface area contributed by atoms with E-state index in [0.717, 1.165) is 0 Å². The van der Waals surface area contributed by atoms with Crippen molar-refractivity contribution in [1.29, 1.82) is 0 Å². The summed E-state index contributed by atoms with van der Waals surface area (Å²) in [6.07, 6.45) is -0.293. The van der Waals surface area contributed by atoms with E-state index in [1.165, 1.54) is 0 Å². The largest absolute Gasteiger partial charge is 0.481 e. The van der Waals surface area contributed by atoms with E-state index in [4.69, 9.17) is 15.3 Å². The average molecular weight is 496 g/mol. The van der Waals surface area contributed by atoms with Gasteiger partial charge in [0.05, 0.1) is 6.42 Å². The molecule has 0 saturated heterocycles. The lowest BCUT2D eigenvalue weighted by molar-refractivity contribution is -0.141. The van der Waals surface area contributed by atoms with E-state index in [2.05, 4.69) is 16.0 Å². The zero-order valence-electron chi connectivity index (χ0n) is 18.7. The Morgan fingerprint density at radius 2 is 1.29 bits per heavy atom. The number of rotatable bonds is 15. The van der Waals surface area contributed by atoms with Crippen molar-refractivity contribution in [1.82, 2.24) is 16.0 Å². The molecule has 0 saturated carbocycles. The van der Waals surface area contributed by atoms with Gasteiger partial charge in [0.2, 0.25) is 0 Å². The number of carbonyl (C=O) groups is 6. The SMILES string of the molecule is O=C(O)CCC(NC(=O)NC(CCCCNC(=O)Nc1ccc(CC(=O)O)cc1)C(=O)O)C(=O)O. The van der Waals surface area contributed by atoms with Gasteiger partial charge in [-0.25, -0.2) is 19.2 Å². The number of nitrogens with one attached hydrogen (secondary N) is 4. The van der Waals surface area contributed by atoms with E-state index in [1.807, 2.05) is 5.32 Å². The third-order valence-electron chi connectivity index (χ3n) is 4.63. The first-order valence-electron chi connectivity index (χ1n) is 10.6. The smallest absolute Gasteiger partial charge is 0.326 e. The van der Waals surface area contributed by atoms with Gasteiger partial charge >= 0.3 is 35.9 Å². The van der Waals surface area contributed by atoms with E-state index in [9.17, 15) is 33.9 Å². The number of carbonyl (C=O) groups excluding carboxylic acids is 2. The van der Waals surface area contributed by atoms with Crippen LogP contribution in [0.25, 0.3) is 0 Å². The lowest BCUT2D eigenvalue weighted by atomic mass is 10.1. The van der Waals surface area contributed by atoms with Crippen LogP contribution in [0.4, 0.5) is 15.3 Å². The topological polar surface area (TPSA) is 231 Å². The summed E-state index contributed by atoms with van der Waals surface area (Å²) < 4.78 is 0. The highest BCUT2D eigenvalue weighted by Gasteiger charge is 2.24. The minimum absolute atomic E-state index is 0.00392. The molecule has 1 aromatic rings. The van der Waals surface area contributed by atoms with Gasteiger partial charge in [0.1, 0.15) is 12.1 Å². The third-order valence-corrected chi connectivity index (χ3v) is 4.63. The van der Waals surface area contributed by atoms with Gasteiger partial charge in [-0.3, -0.25) is 9.59 Å². The maximum Gasteiger partial charge on any atom is 0.326 e. The summed E-state index contributed by atoms with van der Waals surface area (Å²) in [7, 11) is 0. The first-order chi connectivity index (χ1) is 16.5. The van der Waals surface area contributed by atoms with Crippen LogP contribution in [0.2, 0.25) is 0 Å². The Hall–Kier alpha value is -4.36. The Kier molecular flexibility index (Phi) is 12.1. The van der Waals surface area contributed by atoms with E-state index in [-0.39, 0.29) is 25.8 Å². The molecule has 35 heavy (non-hydrogen) atoms. The molecule has 1 rings (SSSR count). The monoisotopic (exact) mass is 496 g/mol. The molecule has 0 aliphatic carbocycles. The summed E-state index contributed by atoms with van der Waals surface area (Å²) in [6.45, 7) is 0.206. The summed E-state index contributed by atoms with van der Waals surface area (Å²) in [5.74, 6) is -4.99. The minimum atomic E-state index is -1.49. The van der Waals surface area contributed by atoms with E-state index in [0.29, 0.717) is 24.1 Å². The molecule has 0 aliphatic rings. The summed E-state index contributed by atoms with van der Waals surface area (Å²) in [5, 5.41) is 45.0. The maximum atomic E-state index is 12.0. The summed E-state index contributed by atoms with van der Waals surface area (Å²) in [6, 6.07) is 1.89. The quantitative estimate of drug-likeness (QED) is 0.158. The lowest BCUT2D eigenvalue weighted by Crippen LogP contribution is -2.51. The number of benzene rings is 1. The van der Waals surface area contributed by atoms with Crippen LogP contribution in [0.3, 0.4) is 0 Å². The van der Waals surface area contributed by atoms with Crippen molar-refractivity contribution in [2.45, 2.75) is 50.6 Å². The lowest BCUT2D eigenvalue weighted by Gasteiger charge is -2.18. The Morgan fingerprint density at radius 3 is 1.80 bits per heavy atom. The van der Waals surface area contributed by atoms with Gasteiger partial charge < -0.3 is 41.7 Å². The number of anilines is 1. The van der Waals surface area contributed by atoms with E-state index in [1.54, 1.807) is 24.3 Å². The molecule has 2 unspecified atom stereocenters. The molecule has 8 N–H and O–H groups in total. The number of hydrogen-bond acceptors (Lipinski definition) is 6. The van der Waals surface area contributed by atoms with Crippen LogP contribution < -0.4 is 21.3 Å². The number of hydrogen-bond donors (Lipinski definition) is 8. The zero-order chi connectivity index (χ0) is 26.4. The van der Waals surface area contributed by atoms with Crippen molar-refractivity contribution in [2.24, 2.45) is 0 Å². The molecule has 2 atom stereocenters. The van der Waals surface area contributed by atoms with Crippen molar-refractivity contribution in [3.05, 3.63) is 29.8 Å². The maximum absolute atomic E-state index is 12.0. The van der Waals surface area contributed by atoms with E-state index < -0.39 is 54.4 Å². The fourth-order valence-electron chi connectivity index (χ4n) is 2.87. The van der Waals surface area contributed by atoms with Gasteiger partial charge in [-0.05, 0) is 43.4 Å². The Labute approximate surface area is 199 Å². The predicted octanol–water partition coefficient (Wildman–Crippen LogP) is 0.676. The summed E-state index contributed by atoms with van der Waals surface area (Å²) in [5.41, 5.74) is 1.04. The van der Waals surface area contributed by atoms with Crippen LogP contribution in [-0.2, 0) is 25.6 Å². The summed E-state index contributed by atoms with van der Waals surface area (Å²) in [4.78, 5) is 67.6. The van der Waals surface area contributed by atoms with Gasteiger partial charge in [0.25, 0.3) is 0 Å². The van der Waals surface area contributed by atoms with E-state index >= 15 is 0 Å². The highest BCUT2D eigenvalue weighted by atomic mass is 16.4. The van der Waals surface area contributed by atoms with Crippen LogP contribution in [0, 0.1) is 0 Å². The molecule has 0 spiro atoms. The van der Waals surface area contributed by atoms with Gasteiger partial charge in [-0.15, -0.1) is 0 Å². The Bertz CT molecular complexity index is 919. The fourth-order valence-corrected chi connectivity index (χ4v) is 2.87. The first kappa shape index (κ1) is 28.7. The minimum Gasteiger partial charge on any atom is -0.481 e. The molecule has 14 heteroatoms. The predicted molar refractivity (Wildman–Crippen MR) is 120 cm³/mol. The number of aliphatic carboxylic acids is 4. The molecule has 0 aliphatic heterocycles. The van der Waals surface area contributed by atoms with Crippen LogP contribution in [0.15, 0.2) is 24.3 Å². The van der Waals surface area contributed by atoms with Crippen LogP contribution in [-0.4, -0.2) is 75.0 Å². The number of unbranched alkanes of at least 4 members (excludes halogenated alkanes) is 1. The number of amides is 4. The van der Waals surface area contributed by atoms with Crippen molar-refractivity contribution in [3.63, 3.8) is 0 Å². The summed E-state index contributed by atoms with van der Waals surface area (Å²) >= 11 is 0. The zero-order valence-corrected chi connectivity index (χ0v) is 18.7. The second kappa shape index (κ2) is 14.7. The standard InChI is InChI=1S/C21H28N4O10/c26-16(27)9-8-15(19(32)33)25-21(35)24-14(18(30)31)3-1-2-10-22-20(34)23-13-6-4-12(5-7-13)11-17(28)29/h4-7,14-15H,1-3,8-11H2,(H,26,27)(H,28,29)(H,30,31)(H,32,33)(H2,22,23,34)(H2,24,25,35). The second-order valence-electron chi connectivity index (χ2n) is 7.48. The van der Waals surface area contributed by atoms with Crippen LogP contribution in [0.1, 0.15) is 37.7 Å². The van der Waals surface area contributed by atoms with Gasteiger partial charge in [0, 0.05) is 18.7 Å². The van der Waals surface area contributed by atoms with Crippen LogP contribution >= 0.6 is 0 Å². The van der Waals surface area contributed by atoms with Crippen molar-refractivity contribution in [3.8, 4) is 0 Å². The van der Waals surface area contributed by atoms with Crippen molar-refractivity contribution in [2.75, 3.05) is 11.9 Å². The highest BCUT2D eigenvalue weighted by Crippen LogP contribution is 2.10. The van der Waals surface area contributed by atoms with Gasteiger partial charge in [-0.2, -0.15) is 0 Å². The number of carboxylic acid groups (broad SMARTS) is 4. The molecule has 1 aromatic carbocycles. The average Bonchev–Trinajstić information content (AvgIpc) is 2.76. The van der Waals surface area contributed by atoms with Gasteiger partial charge in [-0.1, -0.05) is 12.1 Å². The highest BCUT2D eigenvalue weighted by molar-refractivity contribution is 5.89. The molecular formula is C21H28N4O10. The molecule has 0 fully saturated rings. The molecule has 0 radical (unpaired) electrons. The molecule has 192 valence electrons. The van der Waals surface area contributed by atoms with Crippen LogP contribution in [0.5, 0.6) is 0 Å². The van der Waals surface area contributed by atoms with Crippen molar-refractivity contribution < 1.29 is 49.2 Å². The number of carboxylic acids is 4. The molecule has 0 bridgehead atoms. The normalized spacial score (nSPS) is 12.0. The molecule has 14 nitrogen and oxygen atoms in total. The number of urea groups is 2. The molecule has 4 amide bonds. The molecule has 0 aromatic heterocycles. The molecule has 0 heterocycles. The molecular weight excluding hydrogens is 468 g/mol. The first-order valence-corrected chi connectivity index (χ1v) is 10.6. The Morgan fingerprint density at radius 1 is 0.714 bits per heavy atom. The van der Waals surface area contributed by atoms with Crippen molar-refractivity contribution >= 4 is 41.6 Å². The Balaban J connectivity index is 2.37. The van der Waals surface area contributed by atoms with Gasteiger partial charge in [0.15, 0.2) is 0 Å². The fraction of sp³-hybridized carbons (Fsp3) is 0.429. The third kappa shape index (κ3) is 12.5. The second-order valence-corrected chi connectivity index (χ2v) is 7.48.